The lowest BCUT2D eigenvalue weighted by molar-refractivity contribution is -0.121. The van der Waals surface area contributed by atoms with E-state index in [1.165, 1.54) is 0 Å². The number of benzene rings is 1. The van der Waals surface area contributed by atoms with Crippen molar-refractivity contribution in [1.82, 2.24) is 5.32 Å². The molecule has 1 aliphatic rings. The Morgan fingerprint density at radius 2 is 2.00 bits per heavy atom. The summed E-state index contributed by atoms with van der Waals surface area (Å²) in [5.41, 5.74) is 0.879. The number of carbonyl (C=O) groups is 1. The Hall–Kier alpha value is -1.07. The summed E-state index contributed by atoms with van der Waals surface area (Å²) >= 11 is 5.89. The molecule has 1 aromatic rings. The summed E-state index contributed by atoms with van der Waals surface area (Å²) in [5, 5.41) is 1.83. The molecule has 0 spiro atoms. The highest BCUT2D eigenvalue weighted by Crippen LogP contribution is 2.21. The van der Waals surface area contributed by atoms with Crippen molar-refractivity contribution in [3.05, 3.63) is 35.9 Å². The number of amides is 1. The van der Waals surface area contributed by atoms with Gasteiger partial charge in [-0.25, -0.2) is 8.42 Å². The fraction of sp³-hybridized carbons (Fsp3) is 0.500. The van der Waals surface area contributed by atoms with Crippen LogP contribution in [0.1, 0.15) is 30.9 Å². The summed E-state index contributed by atoms with van der Waals surface area (Å²) < 4.78 is 23.9. The van der Waals surface area contributed by atoms with Crippen LogP contribution in [0.5, 0.6) is 0 Å². The molecule has 0 saturated carbocycles. The lowest BCUT2D eigenvalue weighted by Gasteiger charge is -2.24. The Labute approximate surface area is 124 Å². The zero-order valence-corrected chi connectivity index (χ0v) is 12.7. The van der Waals surface area contributed by atoms with Gasteiger partial charge in [0.25, 0.3) is 0 Å². The third-order valence-corrected chi connectivity index (χ3v) is 6.03. The number of hydrogen-bond acceptors (Lipinski definition) is 3. The second-order valence-electron chi connectivity index (χ2n) is 4.98. The van der Waals surface area contributed by atoms with E-state index in [0.717, 1.165) is 12.0 Å². The Balaban J connectivity index is 2.10. The van der Waals surface area contributed by atoms with Gasteiger partial charge >= 0.3 is 0 Å². The summed E-state index contributed by atoms with van der Waals surface area (Å²) in [5.74, 6) is -0.121. The molecule has 4 nitrogen and oxygen atoms in total. The van der Waals surface area contributed by atoms with Gasteiger partial charge in [-0.15, -0.1) is 11.6 Å². The molecular weight excluding hydrogens is 298 g/mol. The van der Waals surface area contributed by atoms with Crippen molar-refractivity contribution in [3.8, 4) is 0 Å². The highest BCUT2D eigenvalue weighted by atomic mass is 35.5. The largest absolute Gasteiger partial charge is 0.347 e. The number of nitrogens with one attached hydrogen (secondary N) is 1. The van der Waals surface area contributed by atoms with Crippen molar-refractivity contribution in [2.24, 2.45) is 0 Å². The van der Waals surface area contributed by atoms with E-state index < -0.39 is 21.0 Å². The van der Waals surface area contributed by atoms with Gasteiger partial charge < -0.3 is 5.32 Å². The molecule has 1 heterocycles. The molecule has 2 unspecified atom stereocenters. The first-order valence-electron chi connectivity index (χ1n) is 6.67. The first-order valence-corrected chi connectivity index (χ1v) is 8.92. The van der Waals surface area contributed by atoms with Gasteiger partial charge in [-0.2, -0.15) is 0 Å². The average molecular weight is 316 g/mol. The molecule has 1 amide bonds. The zero-order chi connectivity index (χ0) is 14.6. The average Bonchev–Trinajstić information content (AvgIpc) is 2.45. The maximum atomic E-state index is 12.2. The third-order valence-electron chi connectivity index (χ3n) is 3.54. The van der Waals surface area contributed by atoms with Crippen LogP contribution in [0.3, 0.4) is 0 Å². The Morgan fingerprint density at radius 3 is 2.60 bits per heavy atom. The van der Waals surface area contributed by atoms with Gasteiger partial charge in [-0.1, -0.05) is 36.8 Å². The van der Waals surface area contributed by atoms with Gasteiger partial charge in [-0.3, -0.25) is 4.79 Å². The fourth-order valence-corrected chi connectivity index (χ4v) is 4.48. The molecule has 0 aliphatic carbocycles. The van der Waals surface area contributed by atoms with Crippen LogP contribution >= 0.6 is 11.6 Å². The van der Waals surface area contributed by atoms with Gasteiger partial charge in [-0.05, 0) is 18.4 Å². The molecule has 2 atom stereocenters. The van der Waals surface area contributed by atoms with Crippen molar-refractivity contribution in [2.75, 3.05) is 11.6 Å². The Bertz CT molecular complexity index is 559. The first kappa shape index (κ1) is 15.3. The summed E-state index contributed by atoms with van der Waals surface area (Å²) in [6.45, 7) is 0. The standard InChI is InChI=1S/C14H18ClNO3S/c15-10-12(11-6-2-1-3-7-11)16-14(17)13-8-4-5-9-20(13,18)19/h1-3,6-7,12-13H,4-5,8-10H2,(H,16,17). The second kappa shape index (κ2) is 6.59. The number of hydrogen-bond donors (Lipinski definition) is 1. The van der Waals surface area contributed by atoms with Gasteiger partial charge in [0.05, 0.1) is 11.8 Å². The summed E-state index contributed by atoms with van der Waals surface area (Å²) in [7, 11) is -3.31. The maximum Gasteiger partial charge on any atom is 0.238 e. The van der Waals surface area contributed by atoms with E-state index in [0.29, 0.717) is 12.8 Å². The van der Waals surface area contributed by atoms with E-state index >= 15 is 0 Å². The van der Waals surface area contributed by atoms with Gasteiger partial charge in [0.15, 0.2) is 9.84 Å². The number of rotatable bonds is 4. The van der Waals surface area contributed by atoms with Crippen molar-refractivity contribution in [2.45, 2.75) is 30.6 Å². The topological polar surface area (TPSA) is 63.2 Å². The number of sulfone groups is 1. The molecule has 1 aliphatic heterocycles. The quantitative estimate of drug-likeness (QED) is 0.865. The van der Waals surface area contributed by atoms with Gasteiger partial charge in [0.2, 0.25) is 5.91 Å². The van der Waals surface area contributed by atoms with E-state index in [1.807, 2.05) is 30.3 Å². The highest BCUT2D eigenvalue weighted by Gasteiger charge is 2.35. The Kier molecular flexibility index (Phi) is 5.05. The fourth-order valence-electron chi connectivity index (χ4n) is 2.41. The molecule has 0 radical (unpaired) electrons. The minimum Gasteiger partial charge on any atom is -0.347 e. The molecule has 110 valence electrons. The second-order valence-corrected chi connectivity index (χ2v) is 7.59. The summed E-state index contributed by atoms with van der Waals surface area (Å²) in [6.07, 6.45) is 1.82. The van der Waals surface area contributed by atoms with E-state index in [1.54, 1.807) is 0 Å². The molecular formula is C14H18ClNO3S. The predicted molar refractivity (Wildman–Crippen MR) is 79.5 cm³/mol. The van der Waals surface area contributed by atoms with Crippen molar-refractivity contribution in [1.29, 1.82) is 0 Å². The van der Waals surface area contributed by atoms with E-state index in [9.17, 15) is 13.2 Å². The van der Waals surface area contributed by atoms with Crippen molar-refractivity contribution < 1.29 is 13.2 Å². The molecule has 1 aromatic carbocycles. The van der Waals surface area contributed by atoms with Crippen molar-refractivity contribution in [3.63, 3.8) is 0 Å². The van der Waals surface area contributed by atoms with Crippen LogP contribution in [-0.4, -0.2) is 31.2 Å². The first-order chi connectivity index (χ1) is 9.54. The molecule has 20 heavy (non-hydrogen) atoms. The Morgan fingerprint density at radius 1 is 1.30 bits per heavy atom. The summed E-state index contributed by atoms with van der Waals surface area (Å²) in [4.78, 5) is 12.2. The monoisotopic (exact) mass is 315 g/mol. The lowest BCUT2D eigenvalue weighted by atomic mass is 10.1. The van der Waals surface area contributed by atoms with E-state index in [-0.39, 0.29) is 17.7 Å². The zero-order valence-electron chi connectivity index (χ0n) is 11.1. The highest BCUT2D eigenvalue weighted by molar-refractivity contribution is 7.92. The van der Waals surface area contributed by atoms with Crippen LogP contribution in [0.4, 0.5) is 0 Å². The van der Waals surface area contributed by atoms with Crippen LogP contribution in [-0.2, 0) is 14.6 Å². The number of halogens is 1. The van der Waals surface area contributed by atoms with Crippen LogP contribution in [0, 0.1) is 0 Å². The number of alkyl halides is 1. The van der Waals surface area contributed by atoms with Gasteiger partial charge in [0.1, 0.15) is 5.25 Å². The molecule has 0 aromatic heterocycles. The predicted octanol–water partition coefficient (Wildman–Crippen LogP) is 2.05. The third kappa shape index (κ3) is 3.52. The molecule has 1 fully saturated rings. The lowest BCUT2D eigenvalue weighted by Crippen LogP contribution is -2.44. The minimum atomic E-state index is -3.31. The minimum absolute atomic E-state index is 0.0992. The smallest absolute Gasteiger partial charge is 0.238 e. The number of carbonyl (C=O) groups excluding carboxylic acids is 1. The van der Waals surface area contributed by atoms with Crippen LogP contribution in [0.15, 0.2) is 30.3 Å². The molecule has 2 rings (SSSR count). The summed E-state index contributed by atoms with van der Waals surface area (Å²) in [6, 6.07) is 8.96. The SMILES string of the molecule is O=C(NC(CCl)c1ccccc1)C1CCCCS1(=O)=O. The molecule has 1 N–H and O–H groups in total. The van der Waals surface area contributed by atoms with E-state index in [4.69, 9.17) is 11.6 Å². The maximum absolute atomic E-state index is 12.2. The molecule has 0 bridgehead atoms. The van der Waals surface area contributed by atoms with Crippen LogP contribution < -0.4 is 5.32 Å². The van der Waals surface area contributed by atoms with Crippen molar-refractivity contribution >= 4 is 27.3 Å². The molecule has 6 heteroatoms. The van der Waals surface area contributed by atoms with E-state index in [2.05, 4.69) is 5.32 Å². The van der Waals surface area contributed by atoms with Crippen LogP contribution in [0.25, 0.3) is 0 Å². The molecule has 1 saturated heterocycles. The normalized spacial score (nSPS) is 22.9. The van der Waals surface area contributed by atoms with Gasteiger partial charge in [0, 0.05) is 5.88 Å². The van der Waals surface area contributed by atoms with Crippen LogP contribution in [0.2, 0.25) is 0 Å².